The maximum Gasteiger partial charge on any atom is 0.347 e. The third-order valence-electron chi connectivity index (χ3n) is 2.77. The van der Waals surface area contributed by atoms with Crippen LogP contribution in [0.15, 0.2) is 51.1 Å². The van der Waals surface area contributed by atoms with E-state index in [1.165, 1.54) is 11.3 Å². The van der Waals surface area contributed by atoms with Crippen LogP contribution in [0.3, 0.4) is 0 Å². The van der Waals surface area contributed by atoms with Crippen molar-refractivity contribution in [1.82, 2.24) is 4.98 Å². The smallest absolute Gasteiger partial charge is 0.347 e. The molecule has 1 aromatic carbocycles. The monoisotopic (exact) mass is 286 g/mol. The SMILES string of the molecule is O=C(CNc1nccs1)c1cc2ccccc2oc1=O. The third-order valence-corrected chi connectivity index (χ3v) is 3.51. The lowest BCUT2D eigenvalue weighted by molar-refractivity contribution is 0.100. The molecule has 0 aliphatic heterocycles. The number of thiazole rings is 1. The number of para-hydroxylation sites is 1. The fraction of sp³-hybridized carbons (Fsp3) is 0.0714. The van der Waals surface area contributed by atoms with Crippen molar-refractivity contribution >= 4 is 33.2 Å². The summed E-state index contributed by atoms with van der Waals surface area (Å²) in [6.07, 6.45) is 1.64. The molecule has 1 N–H and O–H groups in total. The molecule has 3 aromatic rings. The molecule has 0 radical (unpaired) electrons. The first kappa shape index (κ1) is 12.6. The number of benzene rings is 1. The summed E-state index contributed by atoms with van der Waals surface area (Å²) in [5, 5.41) is 6.05. The maximum atomic E-state index is 12.1. The number of carbonyl (C=O) groups is 1. The van der Waals surface area contributed by atoms with Gasteiger partial charge in [-0.15, -0.1) is 11.3 Å². The van der Waals surface area contributed by atoms with E-state index in [2.05, 4.69) is 10.3 Å². The van der Waals surface area contributed by atoms with E-state index in [1.54, 1.807) is 35.8 Å². The van der Waals surface area contributed by atoms with Crippen LogP contribution in [0.1, 0.15) is 10.4 Å². The molecule has 0 aliphatic rings. The predicted molar refractivity (Wildman–Crippen MR) is 77.4 cm³/mol. The molecule has 0 unspecified atom stereocenters. The average Bonchev–Trinajstić information content (AvgIpc) is 2.97. The van der Waals surface area contributed by atoms with Gasteiger partial charge in [-0.3, -0.25) is 4.79 Å². The van der Waals surface area contributed by atoms with Crippen molar-refractivity contribution in [3.8, 4) is 0 Å². The minimum Gasteiger partial charge on any atom is -0.422 e. The third kappa shape index (κ3) is 2.46. The summed E-state index contributed by atoms with van der Waals surface area (Å²) in [6.45, 7) is 0.0105. The molecule has 0 atom stereocenters. The Bertz CT molecular complexity index is 809. The number of nitrogens with one attached hydrogen (secondary N) is 1. The van der Waals surface area contributed by atoms with Crippen LogP contribution in [-0.2, 0) is 0 Å². The summed E-state index contributed by atoms with van der Waals surface area (Å²) in [6, 6.07) is 8.65. The minimum absolute atomic E-state index is 0.0105. The molecule has 20 heavy (non-hydrogen) atoms. The minimum atomic E-state index is -0.616. The van der Waals surface area contributed by atoms with Gasteiger partial charge < -0.3 is 9.73 Å². The zero-order valence-electron chi connectivity index (χ0n) is 10.3. The van der Waals surface area contributed by atoms with E-state index in [4.69, 9.17) is 4.42 Å². The molecule has 6 heteroatoms. The Kier molecular flexibility index (Phi) is 3.30. The lowest BCUT2D eigenvalue weighted by Gasteiger charge is -2.02. The molecule has 3 rings (SSSR count). The van der Waals surface area contributed by atoms with Crippen LogP contribution in [0.4, 0.5) is 5.13 Å². The molecule has 5 nitrogen and oxygen atoms in total. The molecule has 0 spiro atoms. The fourth-order valence-corrected chi connectivity index (χ4v) is 2.35. The van der Waals surface area contributed by atoms with Crippen LogP contribution >= 0.6 is 11.3 Å². The van der Waals surface area contributed by atoms with E-state index in [1.807, 2.05) is 6.07 Å². The molecule has 0 saturated carbocycles. The molecule has 0 aliphatic carbocycles. The topological polar surface area (TPSA) is 72.2 Å². The van der Waals surface area contributed by atoms with Crippen molar-refractivity contribution in [3.63, 3.8) is 0 Å². The molecule has 2 heterocycles. The van der Waals surface area contributed by atoms with Crippen molar-refractivity contribution in [2.75, 3.05) is 11.9 Å². The molecule has 0 bridgehead atoms. The van der Waals surface area contributed by atoms with Gasteiger partial charge in [0.2, 0.25) is 0 Å². The first-order chi connectivity index (χ1) is 9.74. The van der Waals surface area contributed by atoms with Gasteiger partial charge in [0.15, 0.2) is 10.9 Å². The second-order valence-corrected chi connectivity index (χ2v) is 4.99. The van der Waals surface area contributed by atoms with Crippen molar-refractivity contribution in [2.24, 2.45) is 0 Å². The summed E-state index contributed by atoms with van der Waals surface area (Å²) < 4.78 is 5.13. The van der Waals surface area contributed by atoms with Gasteiger partial charge in [-0.05, 0) is 12.1 Å². The molecule has 0 saturated heterocycles. The Morgan fingerprint density at radius 1 is 1.35 bits per heavy atom. The highest BCUT2D eigenvalue weighted by Crippen LogP contribution is 2.14. The number of fused-ring (bicyclic) bond motifs is 1. The summed E-state index contributed by atoms with van der Waals surface area (Å²) in [5.41, 5.74) is -0.0932. The fourth-order valence-electron chi connectivity index (χ4n) is 1.82. The van der Waals surface area contributed by atoms with Crippen LogP contribution in [-0.4, -0.2) is 17.3 Å². The number of carbonyl (C=O) groups excluding carboxylic acids is 1. The number of anilines is 1. The Hall–Kier alpha value is -2.47. The lowest BCUT2D eigenvalue weighted by Crippen LogP contribution is -2.21. The van der Waals surface area contributed by atoms with Crippen LogP contribution < -0.4 is 10.9 Å². The molecular weight excluding hydrogens is 276 g/mol. The summed E-state index contributed by atoms with van der Waals surface area (Å²) in [4.78, 5) is 27.9. The molecule has 0 fully saturated rings. The molecule has 2 aromatic heterocycles. The van der Waals surface area contributed by atoms with Gasteiger partial charge in [0.05, 0.1) is 6.54 Å². The van der Waals surface area contributed by atoms with Gasteiger partial charge >= 0.3 is 5.63 Å². The van der Waals surface area contributed by atoms with Crippen molar-refractivity contribution in [1.29, 1.82) is 0 Å². The number of aromatic nitrogens is 1. The Morgan fingerprint density at radius 2 is 2.20 bits per heavy atom. The van der Waals surface area contributed by atoms with E-state index in [0.29, 0.717) is 10.7 Å². The van der Waals surface area contributed by atoms with Gasteiger partial charge in [0, 0.05) is 17.0 Å². The van der Waals surface area contributed by atoms with Crippen LogP contribution in [0.25, 0.3) is 11.0 Å². The van der Waals surface area contributed by atoms with E-state index in [-0.39, 0.29) is 17.9 Å². The van der Waals surface area contributed by atoms with Crippen molar-refractivity contribution in [2.45, 2.75) is 0 Å². The summed E-state index contributed by atoms with van der Waals surface area (Å²) in [7, 11) is 0. The summed E-state index contributed by atoms with van der Waals surface area (Å²) >= 11 is 1.39. The highest BCUT2D eigenvalue weighted by molar-refractivity contribution is 7.13. The molecule has 100 valence electrons. The average molecular weight is 286 g/mol. The van der Waals surface area contributed by atoms with Crippen LogP contribution in [0, 0.1) is 0 Å². The van der Waals surface area contributed by atoms with Gasteiger partial charge in [-0.25, -0.2) is 9.78 Å². The second-order valence-electron chi connectivity index (χ2n) is 4.10. The number of hydrogen-bond donors (Lipinski definition) is 1. The predicted octanol–water partition coefficient (Wildman–Crippen LogP) is 2.54. The maximum absolute atomic E-state index is 12.1. The van der Waals surface area contributed by atoms with E-state index < -0.39 is 5.63 Å². The van der Waals surface area contributed by atoms with Gasteiger partial charge in [0.25, 0.3) is 0 Å². The lowest BCUT2D eigenvalue weighted by atomic mass is 10.1. The Balaban J connectivity index is 1.87. The van der Waals surface area contributed by atoms with Crippen LogP contribution in [0.5, 0.6) is 0 Å². The highest BCUT2D eigenvalue weighted by Gasteiger charge is 2.13. The molecule has 0 amide bonds. The first-order valence-electron chi connectivity index (χ1n) is 5.93. The normalized spacial score (nSPS) is 10.6. The zero-order valence-corrected chi connectivity index (χ0v) is 11.1. The quantitative estimate of drug-likeness (QED) is 0.589. The van der Waals surface area contributed by atoms with Gasteiger partial charge in [0.1, 0.15) is 11.1 Å². The largest absolute Gasteiger partial charge is 0.422 e. The standard InChI is InChI=1S/C14H10N2O3S/c17-11(8-16-14-15-5-6-20-14)10-7-9-3-1-2-4-12(9)19-13(10)18/h1-7H,8H2,(H,15,16). The second kappa shape index (κ2) is 5.26. The zero-order chi connectivity index (χ0) is 13.9. The molecular formula is C14H10N2O3S. The summed E-state index contributed by atoms with van der Waals surface area (Å²) in [5.74, 6) is -0.320. The van der Waals surface area contributed by atoms with Crippen LogP contribution in [0.2, 0.25) is 0 Å². The van der Waals surface area contributed by atoms with E-state index >= 15 is 0 Å². The number of Topliss-reactive ketones (excluding diaryl/α,β-unsaturated/α-hetero) is 1. The van der Waals surface area contributed by atoms with Gasteiger partial charge in [-0.2, -0.15) is 0 Å². The van der Waals surface area contributed by atoms with E-state index in [0.717, 1.165) is 5.39 Å². The van der Waals surface area contributed by atoms with Gasteiger partial charge in [-0.1, -0.05) is 18.2 Å². The number of rotatable bonds is 4. The highest BCUT2D eigenvalue weighted by atomic mass is 32.1. The van der Waals surface area contributed by atoms with E-state index in [9.17, 15) is 9.59 Å². The Morgan fingerprint density at radius 3 is 3.00 bits per heavy atom. The first-order valence-corrected chi connectivity index (χ1v) is 6.81. The van der Waals surface area contributed by atoms with Crippen molar-refractivity contribution in [3.05, 3.63) is 57.9 Å². The Labute approximate surface area is 117 Å². The number of ketones is 1. The number of nitrogens with zero attached hydrogens (tertiary/aromatic N) is 1. The number of hydrogen-bond acceptors (Lipinski definition) is 6. The van der Waals surface area contributed by atoms with Crippen molar-refractivity contribution < 1.29 is 9.21 Å².